The first-order valence-electron chi connectivity index (χ1n) is 11.4. The number of nitrogens with zero attached hydrogens (tertiary/aromatic N) is 1. The number of benzene rings is 1. The number of unbranched alkanes of at least 4 members (excludes halogenated alkanes) is 1. The van der Waals surface area contributed by atoms with E-state index < -0.39 is 0 Å². The van der Waals surface area contributed by atoms with E-state index in [1.54, 1.807) is 0 Å². The average Bonchev–Trinajstić information content (AvgIpc) is 2.70. The molecule has 1 aliphatic heterocycles. The summed E-state index contributed by atoms with van der Waals surface area (Å²) < 4.78 is 13.6. The molecule has 1 aromatic carbocycles. The second-order valence-corrected chi connectivity index (χ2v) is 9.58. The first kappa shape index (κ1) is 21.1. The Morgan fingerprint density at radius 1 is 1.30 bits per heavy atom. The van der Waals surface area contributed by atoms with Gasteiger partial charge in [-0.05, 0) is 68.2 Å². The Hall–Kier alpha value is -2.14. The molecule has 30 heavy (non-hydrogen) atoms. The van der Waals surface area contributed by atoms with Crippen LogP contribution in [-0.2, 0) is 0 Å². The second-order valence-electron chi connectivity index (χ2n) is 9.58. The molecule has 3 aliphatic rings. The summed E-state index contributed by atoms with van der Waals surface area (Å²) in [6.07, 6.45) is 11.8. The number of carbonyl (C=O) groups is 1. The summed E-state index contributed by atoms with van der Waals surface area (Å²) in [7, 11) is 0. The fourth-order valence-electron chi connectivity index (χ4n) is 5.36. The lowest BCUT2D eigenvalue weighted by Crippen LogP contribution is -2.62. The minimum Gasteiger partial charge on any atom is -0.333 e. The molecule has 3 N–H and O–H groups in total. The Balaban J connectivity index is 1.60. The van der Waals surface area contributed by atoms with Crippen LogP contribution in [0.2, 0.25) is 0 Å². The van der Waals surface area contributed by atoms with Crippen LogP contribution in [0.15, 0.2) is 47.6 Å². The molecule has 0 aromatic heterocycles. The van der Waals surface area contributed by atoms with Crippen molar-refractivity contribution in [2.45, 2.75) is 76.4 Å². The third-order valence-electron chi connectivity index (χ3n) is 6.93. The summed E-state index contributed by atoms with van der Waals surface area (Å²) in [5, 5.41) is 3.22. The third kappa shape index (κ3) is 4.31. The van der Waals surface area contributed by atoms with Crippen molar-refractivity contribution < 1.29 is 9.18 Å². The molecule has 0 spiro atoms. The van der Waals surface area contributed by atoms with Crippen molar-refractivity contribution in [2.75, 3.05) is 6.54 Å². The van der Waals surface area contributed by atoms with E-state index in [0.29, 0.717) is 12.5 Å². The Morgan fingerprint density at radius 3 is 2.70 bits per heavy atom. The standard InChI is InChI=1S/C25H34FN3O/c1-3-4-5-17-6-11-22-19(14-17)12-13-29(23(22)18-7-9-20(26)10-8-18)24(30)28-25(2)15-21(27)16-25/h6-11,17,21,23H,3-5,12-16,27H2,1-2H3,(H,28,30)/t17?,21-,23-,25+/m0/s1. The Kier molecular flexibility index (Phi) is 6.01. The topological polar surface area (TPSA) is 58.4 Å². The summed E-state index contributed by atoms with van der Waals surface area (Å²) in [4.78, 5) is 15.2. The monoisotopic (exact) mass is 411 g/mol. The van der Waals surface area contributed by atoms with Crippen LogP contribution in [0.3, 0.4) is 0 Å². The van der Waals surface area contributed by atoms with Gasteiger partial charge in [0.2, 0.25) is 0 Å². The molecule has 2 aliphatic carbocycles. The van der Waals surface area contributed by atoms with Gasteiger partial charge in [-0.3, -0.25) is 0 Å². The van der Waals surface area contributed by atoms with E-state index in [1.807, 2.05) is 17.0 Å². The van der Waals surface area contributed by atoms with Crippen molar-refractivity contribution in [3.8, 4) is 0 Å². The fraction of sp³-hybridized carbons (Fsp3) is 0.560. The van der Waals surface area contributed by atoms with Gasteiger partial charge >= 0.3 is 6.03 Å². The van der Waals surface area contributed by atoms with E-state index >= 15 is 0 Å². The number of rotatable bonds is 5. The van der Waals surface area contributed by atoms with Crippen LogP contribution >= 0.6 is 0 Å². The smallest absolute Gasteiger partial charge is 0.318 e. The van der Waals surface area contributed by atoms with E-state index in [9.17, 15) is 9.18 Å². The molecule has 4 nitrogen and oxygen atoms in total. The predicted octanol–water partition coefficient (Wildman–Crippen LogP) is 5.22. The Bertz CT molecular complexity index is 838. The molecule has 1 aromatic rings. The zero-order valence-corrected chi connectivity index (χ0v) is 18.2. The maximum absolute atomic E-state index is 13.6. The molecule has 1 heterocycles. The normalized spacial score (nSPS) is 30.7. The van der Waals surface area contributed by atoms with E-state index in [0.717, 1.165) is 31.2 Å². The van der Waals surface area contributed by atoms with Crippen LogP contribution in [-0.4, -0.2) is 29.1 Å². The highest BCUT2D eigenvalue weighted by Gasteiger charge is 2.42. The highest BCUT2D eigenvalue weighted by molar-refractivity contribution is 5.77. The molecule has 0 bridgehead atoms. The van der Waals surface area contributed by atoms with Gasteiger partial charge < -0.3 is 16.0 Å². The second kappa shape index (κ2) is 8.54. The average molecular weight is 412 g/mol. The molecule has 5 heteroatoms. The molecule has 4 rings (SSSR count). The quantitative estimate of drug-likeness (QED) is 0.697. The van der Waals surface area contributed by atoms with Crippen LogP contribution in [0.1, 0.15) is 70.4 Å². The SMILES string of the molecule is CCCCC1C=CC2=C(CCN(C(=O)N[C@]3(C)C[C@H](N)C3)[C@H]2c2ccc(F)cc2)C1. The van der Waals surface area contributed by atoms with Crippen molar-refractivity contribution in [2.24, 2.45) is 11.7 Å². The van der Waals surface area contributed by atoms with E-state index in [2.05, 4.69) is 31.3 Å². The van der Waals surface area contributed by atoms with Crippen LogP contribution in [0.5, 0.6) is 0 Å². The van der Waals surface area contributed by atoms with Crippen molar-refractivity contribution in [3.05, 3.63) is 58.9 Å². The molecule has 1 saturated carbocycles. The van der Waals surface area contributed by atoms with E-state index in [-0.39, 0.29) is 29.5 Å². The maximum atomic E-state index is 13.6. The number of amides is 2. The summed E-state index contributed by atoms with van der Waals surface area (Å²) in [5.41, 5.74) is 9.36. The molecule has 0 saturated heterocycles. The largest absolute Gasteiger partial charge is 0.333 e. The van der Waals surface area contributed by atoms with E-state index in [1.165, 1.54) is 42.5 Å². The highest BCUT2D eigenvalue weighted by atomic mass is 19.1. The highest BCUT2D eigenvalue weighted by Crippen LogP contribution is 2.42. The first-order chi connectivity index (χ1) is 14.4. The molecule has 162 valence electrons. The van der Waals surface area contributed by atoms with E-state index in [4.69, 9.17) is 5.73 Å². The van der Waals surface area contributed by atoms with Crippen molar-refractivity contribution in [1.82, 2.24) is 10.2 Å². The number of allylic oxidation sites excluding steroid dienone is 1. The maximum Gasteiger partial charge on any atom is 0.318 e. The number of nitrogens with one attached hydrogen (secondary N) is 1. The lowest BCUT2D eigenvalue weighted by molar-refractivity contribution is 0.136. The summed E-state index contributed by atoms with van der Waals surface area (Å²) in [5.74, 6) is 0.336. The summed E-state index contributed by atoms with van der Waals surface area (Å²) in [6, 6.07) is 6.55. The van der Waals surface area contributed by atoms with Crippen molar-refractivity contribution in [1.29, 1.82) is 0 Å². The van der Waals surface area contributed by atoms with Gasteiger partial charge in [0, 0.05) is 18.1 Å². The number of nitrogens with two attached hydrogens (primary N) is 1. The Labute approximate surface area is 179 Å². The minimum atomic E-state index is -0.255. The van der Waals surface area contributed by atoms with Gasteiger partial charge in [-0.15, -0.1) is 0 Å². The van der Waals surface area contributed by atoms with Crippen LogP contribution in [0, 0.1) is 11.7 Å². The molecule has 2 amide bonds. The number of halogens is 1. The van der Waals surface area contributed by atoms with Crippen molar-refractivity contribution in [3.63, 3.8) is 0 Å². The molecular weight excluding hydrogens is 377 g/mol. The lowest BCUT2D eigenvalue weighted by Gasteiger charge is -2.47. The lowest BCUT2D eigenvalue weighted by atomic mass is 9.74. The number of urea groups is 1. The summed E-state index contributed by atoms with van der Waals surface area (Å²) >= 11 is 0. The third-order valence-corrected chi connectivity index (χ3v) is 6.93. The van der Waals surface area contributed by atoms with Gasteiger partial charge in [-0.2, -0.15) is 0 Å². The van der Waals surface area contributed by atoms with Crippen LogP contribution in [0.4, 0.5) is 9.18 Å². The van der Waals surface area contributed by atoms with Gasteiger partial charge in [-0.25, -0.2) is 9.18 Å². The Morgan fingerprint density at radius 2 is 2.03 bits per heavy atom. The first-order valence-corrected chi connectivity index (χ1v) is 11.4. The summed E-state index contributed by atoms with van der Waals surface area (Å²) in [6.45, 7) is 4.98. The zero-order chi connectivity index (χ0) is 21.3. The molecule has 1 fully saturated rings. The minimum absolute atomic E-state index is 0.0493. The molecule has 2 atom stereocenters. The van der Waals surface area contributed by atoms with Crippen LogP contribution in [0.25, 0.3) is 0 Å². The molecular formula is C25H34FN3O. The number of carbonyl (C=O) groups excluding carboxylic acids is 1. The van der Waals surface area contributed by atoms with Crippen molar-refractivity contribution >= 4 is 6.03 Å². The van der Waals surface area contributed by atoms with Gasteiger partial charge in [-0.1, -0.05) is 49.6 Å². The van der Waals surface area contributed by atoms with Gasteiger partial charge in [0.15, 0.2) is 0 Å². The van der Waals surface area contributed by atoms with Gasteiger partial charge in [0.25, 0.3) is 0 Å². The van der Waals surface area contributed by atoms with Crippen LogP contribution < -0.4 is 11.1 Å². The van der Waals surface area contributed by atoms with Gasteiger partial charge in [0.1, 0.15) is 5.82 Å². The number of hydrogen-bond acceptors (Lipinski definition) is 2. The predicted molar refractivity (Wildman–Crippen MR) is 118 cm³/mol. The molecule has 1 unspecified atom stereocenters. The zero-order valence-electron chi connectivity index (χ0n) is 18.2. The van der Waals surface area contributed by atoms with Gasteiger partial charge in [0.05, 0.1) is 6.04 Å². The molecule has 0 radical (unpaired) electrons. The number of hydrogen-bond donors (Lipinski definition) is 2. The fourth-order valence-corrected chi connectivity index (χ4v) is 5.36.